The number of pyridine rings is 1. The number of sulfonamides is 1. The molecule has 3 aromatic rings. The molecule has 230 valence electrons. The van der Waals surface area contributed by atoms with Gasteiger partial charge in [0.2, 0.25) is 11.6 Å². The average Bonchev–Trinajstić information content (AvgIpc) is 2.96. The van der Waals surface area contributed by atoms with Crippen molar-refractivity contribution in [3.63, 3.8) is 0 Å². The summed E-state index contributed by atoms with van der Waals surface area (Å²) in [6.07, 6.45) is 9.82. The number of nitrogens with one attached hydrogen (secondary N) is 1. The van der Waals surface area contributed by atoms with Crippen LogP contribution in [0.2, 0.25) is 5.02 Å². The first-order valence-electron chi connectivity index (χ1n) is 13.5. The van der Waals surface area contributed by atoms with Gasteiger partial charge in [0.05, 0.1) is 31.5 Å². The molecular weight excluding hydrogens is 601 g/mol. The lowest BCUT2D eigenvalue weighted by atomic mass is 10.2. The summed E-state index contributed by atoms with van der Waals surface area (Å²) in [5, 5.41) is -0.263. The predicted molar refractivity (Wildman–Crippen MR) is 163 cm³/mol. The van der Waals surface area contributed by atoms with Gasteiger partial charge < -0.3 is 14.2 Å². The molecule has 1 saturated heterocycles. The number of benzene rings is 1. The van der Waals surface area contributed by atoms with E-state index in [2.05, 4.69) is 19.6 Å². The van der Waals surface area contributed by atoms with Gasteiger partial charge in [-0.1, -0.05) is 23.8 Å². The molecule has 0 saturated carbocycles. The van der Waals surface area contributed by atoms with Crippen LogP contribution < -0.4 is 19.8 Å². The van der Waals surface area contributed by atoms with E-state index in [-0.39, 0.29) is 38.9 Å². The fourth-order valence-corrected chi connectivity index (χ4v) is 5.98. The lowest BCUT2D eigenvalue weighted by Crippen LogP contribution is -2.42. The van der Waals surface area contributed by atoms with Gasteiger partial charge in [-0.15, -0.1) is 0 Å². The topological polar surface area (TPSA) is 125 Å². The summed E-state index contributed by atoms with van der Waals surface area (Å²) in [7, 11) is -2.82. The van der Waals surface area contributed by atoms with E-state index in [1.807, 2.05) is 6.92 Å². The average molecular weight is 634 g/mol. The molecular formula is C29H33ClFN5O6S. The number of hydrogen-bond acceptors (Lipinski definition) is 9. The highest BCUT2D eigenvalue weighted by molar-refractivity contribution is 7.92. The summed E-state index contributed by atoms with van der Waals surface area (Å²) in [4.78, 5) is 23.8. The molecule has 2 aromatic heterocycles. The predicted octanol–water partition coefficient (Wildman–Crippen LogP) is 4.09. The van der Waals surface area contributed by atoms with Crippen LogP contribution >= 0.6 is 11.6 Å². The number of morpholine rings is 1. The molecule has 1 fully saturated rings. The maximum Gasteiger partial charge on any atom is 0.300 e. The standard InChI is InChI=1S/C29H33ClFN5O6S/c1-4-10-36-27(32-18-25(29(36)37)42-20(2)19-35-11-13-41-14-12-35)7-5-6-21-15-24(28(40-3)33-17-21)34-43(38,39)26-9-8-22(31)16-23(26)30/h4-5,7-10,15-18,20,34H,6,11-14,19H2,1-3H3/b7-5-,10-4-. The van der Waals surface area contributed by atoms with Crippen LogP contribution in [-0.4, -0.2) is 73.9 Å². The van der Waals surface area contributed by atoms with E-state index in [0.29, 0.717) is 37.6 Å². The highest BCUT2D eigenvalue weighted by Gasteiger charge is 2.21. The molecule has 14 heteroatoms. The SMILES string of the molecule is C/C=C\n1c(/C=C\Cc2cnc(OC)c(NS(=O)(=O)c3ccc(F)cc3Cl)c2)ncc(OC(C)CN2CCOCC2)c1=O. The van der Waals surface area contributed by atoms with Crippen LogP contribution in [0.15, 0.2) is 58.5 Å². The number of rotatable bonds is 12. The molecule has 1 aliphatic heterocycles. The minimum Gasteiger partial charge on any atom is -0.482 e. The third-order valence-corrected chi connectivity index (χ3v) is 8.23. The third kappa shape index (κ3) is 8.41. The van der Waals surface area contributed by atoms with E-state index in [4.69, 9.17) is 25.8 Å². The van der Waals surface area contributed by atoms with Crippen LogP contribution in [0, 0.1) is 5.82 Å². The first kappa shape index (κ1) is 32.1. The summed E-state index contributed by atoms with van der Waals surface area (Å²) in [5.41, 5.74) is 0.367. The molecule has 0 bridgehead atoms. The summed E-state index contributed by atoms with van der Waals surface area (Å²) in [6.45, 7) is 7.36. The number of methoxy groups -OCH3 is 1. The first-order chi connectivity index (χ1) is 20.6. The number of ether oxygens (including phenoxy) is 3. The van der Waals surface area contributed by atoms with Gasteiger partial charge in [0, 0.05) is 32.0 Å². The minimum atomic E-state index is -4.17. The Kier molecular flexibility index (Phi) is 10.9. The van der Waals surface area contributed by atoms with Gasteiger partial charge in [0.25, 0.3) is 15.6 Å². The van der Waals surface area contributed by atoms with Gasteiger partial charge >= 0.3 is 0 Å². The van der Waals surface area contributed by atoms with Crippen LogP contribution in [0.1, 0.15) is 25.2 Å². The Morgan fingerprint density at radius 2 is 1.98 bits per heavy atom. The normalized spacial score (nSPS) is 15.2. The molecule has 1 unspecified atom stereocenters. The Hall–Kier alpha value is -3.78. The molecule has 3 heterocycles. The molecule has 11 nitrogen and oxygen atoms in total. The van der Waals surface area contributed by atoms with Crippen molar-refractivity contribution >= 4 is 39.6 Å². The van der Waals surface area contributed by atoms with Crippen molar-refractivity contribution in [1.29, 1.82) is 0 Å². The zero-order chi connectivity index (χ0) is 31.0. The summed E-state index contributed by atoms with van der Waals surface area (Å²) in [5.74, 6) is -0.0958. The van der Waals surface area contributed by atoms with E-state index in [0.717, 1.165) is 31.3 Å². The number of allylic oxidation sites excluding steroid dienone is 2. The number of aromatic nitrogens is 3. The number of anilines is 1. The van der Waals surface area contributed by atoms with E-state index in [1.54, 1.807) is 37.4 Å². The molecule has 1 atom stereocenters. The fraction of sp³-hybridized carbons (Fsp3) is 0.345. The van der Waals surface area contributed by atoms with Crippen molar-refractivity contribution in [2.75, 3.05) is 44.7 Å². The van der Waals surface area contributed by atoms with Crippen molar-refractivity contribution in [1.82, 2.24) is 19.4 Å². The van der Waals surface area contributed by atoms with Crippen molar-refractivity contribution in [3.05, 3.63) is 81.4 Å². The molecule has 1 aromatic carbocycles. The Morgan fingerprint density at radius 3 is 2.67 bits per heavy atom. The summed E-state index contributed by atoms with van der Waals surface area (Å²) >= 11 is 5.97. The van der Waals surface area contributed by atoms with E-state index < -0.39 is 15.8 Å². The number of nitrogens with zero attached hydrogens (tertiary/aromatic N) is 4. The summed E-state index contributed by atoms with van der Waals surface area (Å²) < 4.78 is 59.7. The van der Waals surface area contributed by atoms with E-state index in [9.17, 15) is 17.6 Å². The fourth-order valence-electron chi connectivity index (χ4n) is 4.40. The quantitative estimate of drug-likeness (QED) is 0.314. The van der Waals surface area contributed by atoms with Crippen molar-refractivity contribution in [3.8, 4) is 11.6 Å². The van der Waals surface area contributed by atoms with Crippen molar-refractivity contribution in [2.45, 2.75) is 31.3 Å². The summed E-state index contributed by atoms with van der Waals surface area (Å²) in [6, 6.07) is 4.55. The van der Waals surface area contributed by atoms with Crippen LogP contribution in [0.5, 0.6) is 11.6 Å². The number of halogens is 2. The molecule has 1 aliphatic rings. The maximum absolute atomic E-state index is 13.4. The van der Waals surface area contributed by atoms with E-state index >= 15 is 0 Å². The van der Waals surface area contributed by atoms with Crippen LogP contribution in [0.3, 0.4) is 0 Å². The van der Waals surface area contributed by atoms with Gasteiger partial charge in [-0.05, 0) is 56.2 Å². The molecule has 0 amide bonds. The van der Waals surface area contributed by atoms with Gasteiger partial charge in [-0.2, -0.15) is 0 Å². The zero-order valence-electron chi connectivity index (χ0n) is 24.0. The maximum atomic E-state index is 13.4. The Bertz CT molecular complexity index is 1660. The monoisotopic (exact) mass is 633 g/mol. The van der Waals surface area contributed by atoms with Gasteiger partial charge in [0.1, 0.15) is 28.3 Å². The highest BCUT2D eigenvalue weighted by atomic mass is 35.5. The van der Waals surface area contributed by atoms with Crippen LogP contribution in [0.25, 0.3) is 12.3 Å². The zero-order valence-corrected chi connectivity index (χ0v) is 25.6. The second-order valence-corrected chi connectivity index (χ2v) is 11.7. The highest BCUT2D eigenvalue weighted by Crippen LogP contribution is 2.29. The second kappa shape index (κ2) is 14.6. The van der Waals surface area contributed by atoms with Crippen molar-refractivity contribution < 1.29 is 27.0 Å². The lowest BCUT2D eigenvalue weighted by Gasteiger charge is -2.29. The molecule has 0 radical (unpaired) electrons. The Labute approximate surface area is 254 Å². The minimum absolute atomic E-state index is 0.0385. The van der Waals surface area contributed by atoms with Gasteiger partial charge in [0.15, 0.2) is 0 Å². The molecule has 0 aliphatic carbocycles. The lowest BCUT2D eigenvalue weighted by molar-refractivity contribution is 0.0216. The van der Waals surface area contributed by atoms with Gasteiger partial charge in [-0.25, -0.2) is 22.8 Å². The largest absolute Gasteiger partial charge is 0.482 e. The van der Waals surface area contributed by atoms with Crippen LogP contribution in [-0.2, 0) is 21.2 Å². The van der Waals surface area contributed by atoms with Gasteiger partial charge in [-0.3, -0.25) is 19.0 Å². The first-order valence-corrected chi connectivity index (χ1v) is 15.4. The Balaban J connectivity index is 1.50. The third-order valence-electron chi connectivity index (χ3n) is 6.39. The second-order valence-electron chi connectivity index (χ2n) is 9.67. The molecule has 43 heavy (non-hydrogen) atoms. The smallest absolute Gasteiger partial charge is 0.300 e. The van der Waals surface area contributed by atoms with E-state index in [1.165, 1.54) is 24.1 Å². The number of hydrogen-bond donors (Lipinski definition) is 1. The Morgan fingerprint density at radius 1 is 1.21 bits per heavy atom. The molecule has 4 rings (SSSR count). The van der Waals surface area contributed by atoms with Crippen molar-refractivity contribution in [2.24, 2.45) is 0 Å². The molecule has 0 spiro atoms. The molecule has 1 N–H and O–H groups in total. The van der Waals surface area contributed by atoms with Crippen LogP contribution in [0.4, 0.5) is 10.1 Å².